The number of rotatable bonds is 6. The van der Waals surface area contributed by atoms with Gasteiger partial charge in [-0.15, -0.1) is 0 Å². The van der Waals surface area contributed by atoms with E-state index in [1.165, 1.54) is 7.11 Å². The highest BCUT2D eigenvalue weighted by Crippen LogP contribution is 2.28. The average Bonchev–Trinajstić information content (AvgIpc) is 2.31. The molecule has 0 heterocycles. The Labute approximate surface area is 116 Å². The Morgan fingerprint density at radius 1 is 1.44 bits per heavy atom. The summed E-state index contributed by atoms with van der Waals surface area (Å²) in [6.45, 7) is 2.04. The quantitative estimate of drug-likeness (QED) is 0.831. The summed E-state index contributed by atoms with van der Waals surface area (Å²) in [5, 5.41) is 2.32. The average molecular weight is 337 g/mol. The zero-order valence-corrected chi connectivity index (χ0v) is 12.9. The molecule has 0 amide bonds. The maximum atomic E-state index is 12.0. The molecular weight excluding hydrogens is 320 g/mol. The van der Waals surface area contributed by atoms with E-state index in [0.29, 0.717) is 18.0 Å². The molecule has 0 bridgehead atoms. The second-order valence-corrected chi connectivity index (χ2v) is 6.82. The van der Waals surface area contributed by atoms with Crippen LogP contribution in [-0.2, 0) is 10.0 Å². The maximum absolute atomic E-state index is 12.0. The fourth-order valence-electron chi connectivity index (χ4n) is 1.39. The van der Waals surface area contributed by atoms with E-state index in [-0.39, 0.29) is 0 Å². The van der Waals surface area contributed by atoms with Gasteiger partial charge in [0.25, 0.3) is 0 Å². The van der Waals surface area contributed by atoms with Gasteiger partial charge in [0.2, 0.25) is 10.0 Å². The lowest BCUT2D eigenvalue weighted by Gasteiger charge is -2.15. The highest BCUT2D eigenvalue weighted by atomic mass is 79.9. The van der Waals surface area contributed by atoms with Crippen LogP contribution in [0.15, 0.2) is 22.7 Å². The Hall–Kier alpha value is -0.790. The second-order valence-electron chi connectivity index (χ2n) is 3.86. The Bertz CT molecular complexity index is 505. The van der Waals surface area contributed by atoms with E-state index in [1.54, 1.807) is 32.2 Å². The third-order valence-electron chi connectivity index (χ3n) is 2.43. The summed E-state index contributed by atoms with van der Waals surface area (Å²) in [4.78, 5) is 0. The predicted octanol–water partition coefficient (Wildman–Crippen LogP) is 1.81. The van der Waals surface area contributed by atoms with Gasteiger partial charge < -0.3 is 10.1 Å². The second kappa shape index (κ2) is 6.40. The fraction of sp³-hybridized carbons (Fsp3) is 0.455. The molecule has 0 saturated carbocycles. The van der Waals surface area contributed by atoms with Crippen molar-refractivity contribution in [2.45, 2.75) is 12.2 Å². The number of halogens is 1. The van der Waals surface area contributed by atoms with Gasteiger partial charge in [-0.25, -0.2) is 8.42 Å². The van der Waals surface area contributed by atoms with Crippen LogP contribution in [0.3, 0.4) is 0 Å². The number of anilines is 1. The zero-order valence-electron chi connectivity index (χ0n) is 10.5. The Morgan fingerprint density at radius 3 is 2.67 bits per heavy atom. The molecular formula is C11H17BrN2O3S. The van der Waals surface area contributed by atoms with E-state index in [1.807, 2.05) is 0 Å². The number of nitrogens with one attached hydrogen (secondary N) is 2. The van der Waals surface area contributed by atoms with Crippen LogP contribution in [0.5, 0.6) is 5.75 Å². The number of methoxy groups -OCH3 is 1. The van der Waals surface area contributed by atoms with Crippen molar-refractivity contribution >= 4 is 31.6 Å². The number of benzene rings is 1. The van der Waals surface area contributed by atoms with Crippen molar-refractivity contribution in [2.75, 3.05) is 25.4 Å². The van der Waals surface area contributed by atoms with Crippen LogP contribution in [-0.4, -0.2) is 34.4 Å². The molecule has 0 radical (unpaired) electrons. The van der Waals surface area contributed by atoms with Crippen molar-refractivity contribution in [1.29, 1.82) is 0 Å². The molecule has 5 nitrogen and oxygen atoms in total. The van der Waals surface area contributed by atoms with Crippen LogP contribution in [0.4, 0.5) is 5.69 Å². The van der Waals surface area contributed by atoms with E-state index in [0.717, 1.165) is 4.47 Å². The van der Waals surface area contributed by atoms with Crippen molar-refractivity contribution < 1.29 is 13.2 Å². The topological polar surface area (TPSA) is 67.4 Å². The molecule has 0 aliphatic carbocycles. The van der Waals surface area contributed by atoms with Crippen molar-refractivity contribution in [3.63, 3.8) is 0 Å². The van der Waals surface area contributed by atoms with E-state index < -0.39 is 15.3 Å². The first-order valence-electron chi connectivity index (χ1n) is 5.40. The largest absolute Gasteiger partial charge is 0.495 e. The number of ether oxygens (including phenoxy) is 1. The van der Waals surface area contributed by atoms with Gasteiger partial charge in [0.15, 0.2) is 0 Å². The summed E-state index contributed by atoms with van der Waals surface area (Å²) >= 11 is 3.31. The minimum Gasteiger partial charge on any atom is -0.495 e. The summed E-state index contributed by atoms with van der Waals surface area (Å²) < 4.78 is 32.4. The van der Waals surface area contributed by atoms with Gasteiger partial charge in [-0.3, -0.25) is 4.72 Å². The molecule has 7 heteroatoms. The van der Waals surface area contributed by atoms with Crippen molar-refractivity contribution in [2.24, 2.45) is 0 Å². The van der Waals surface area contributed by atoms with E-state index in [2.05, 4.69) is 26.0 Å². The van der Waals surface area contributed by atoms with Crippen LogP contribution < -0.4 is 14.8 Å². The molecule has 0 aliphatic rings. The zero-order chi connectivity index (χ0) is 13.8. The molecule has 102 valence electrons. The Balaban J connectivity index is 2.91. The maximum Gasteiger partial charge on any atom is 0.236 e. The lowest BCUT2D eigenvalue weighted by molar-refractivity contribution is 0.412. The molecule has 1 aromatic rings. The molecule has 0 aromatic heterocycles. The van der Waals surface area contributed by atoms with Crippen LogP contribution in [0.2, 0.25) is 0 Å². The van der Waals surface area contributed by atoms with E-state index in [4.69, 9.17) is 4.74 Å². The summed E-state index contributed by atoms with van der Waals surface area (Å²) in [5.74, 6) is 0.580. The van der Waals surface area contributed by atoms with Gasteiger partial charge >= 0.3 is 0 Å². The highest BCUT2D eigenvalue weighted by Gasteiger charge is 2.20. The van der Waals surface area contributed by atoms with Crippen molar-refractivity contribution in [3.8, 4) is 5.75 Å². The number of sulfonamides is 1. The van der Waals surface area contributed by atoms with Gasteiger partial charge in [-0.2, -0.15) is 0 Å². The summed E-state index contributed by atoms with van der Waals surface area (Å²) in [5.41, 5.74) is 0.484. The summed E-state index contributed by atoms with van der Waals surface area (Å²) in [6.07, 6.45) is 0. The normalized spacial score (nSPS) is 13.1. The van der Waals surface area contributed by atoms with Crippen molar-refractivity contribution in [1.82, 2.24) is 5.32 Å². The van der Waals surface area contributed by atoms with Crippen LogP contribution in [0.1, 0.15) is 6.92 Å². The first-order chi connectivity index (χ1) is 8.40. The van der Waals surface area contributed by atoms with E-state index in [9.17, 15) is 8.42 Å². The smallest absolute Gasteiger partial charge is 0.236 e. The monoisotopic (exact) mass is 336 g/mol. The van der Waals surface area contributed by atoms with Crippen LogP contribution in [0, 0.1) is 0 Å². The Kier molecular flexibility index (Phi) is 5.43. The third kappa shape index (κ3) is 3.86. The molecule has 1 unspecified atom stereocenters. The van der Waals surface area contributed by atoms with Crippen molar-refractivity contribution in [3.05, 3.63) is 22.7 Å². The van der Waals surface area contributed by atoms with Gasteiger partial charge in [0, 0.05) is 12.6 Å². The SMILES string of the molecule is CNCC(C)S(=O)(=O)Nc1ccc(Br)c(OC)c1. The third-order valence-corrected chi connectivity index (χ3v) is 4.83. The number of hydrogen-bond donors (Lipinski definition) is 2. The van der Waals surface area contributed by atoms with Crippen LogP contribution >= 0.6 is 15.9 Å². The fourth-order valence-corrected chi connectivity index (χ4v) is 2.84. The summed E-state index contributed by atoms with van der Waals surface area (Å²) in [7, 11) is -0.150. The Morgan fingerprint density at radius 2 is 2.11 bits per heavy atom. The molecule has 2 N–H and O–H groups in total. The molecule has 0 spiro atoms. The number of hydrogen-bond acceptors (Lipinski definition) is 4. The highest BCUT2D eigenvalue weighted by molar-refractivity contribution is 9.10. The molecule has 1 aromatic carbocycles. The molecule has 1 rings (SSSR count). The predicted molar refractivity (Wildman–Crippen MR) is 76.6 cm³/mol. The van der Waals surface area contributed by atoms with Gasteiger partial charge in [0.1, 0.15) is 5.75 Å². The van der Waals surface area contributed by atoms with Crippen LogP contribution in [0.25, 0.3) is 0 Å². The minimum atomic E-state index is -3.40. The molecule has 0 saturated heterocycles. The summed E-state index contributed by atoms with van der Waals surface area (Å²) in [6, 6.07) is 5.05. The molecule has 0 aliphatic heterocycles. The van der Waals surface area contributed by atoms with E-state index >= 15 is 0 Å². The first-order valence-corrected chi connectivity index (χ1v) is 7.74. The molecule has 0 fully saturated rings. The van der Waals surface area contributed by atoms with Gasteiger partial charge in [-0.05, 0) is 42.0 Å². The standard InChI is InChI=1S/C11H17BrN2O3S/c1-8(7-13-2)18(15,16)14-9-4-5-10(12)11(6-9)17-3/h4-6,8,13-14H,7H2,1-3H3. The molecule has 18 heavy (non-hydrogen) atoms. The minimum absolute atomic E-state index is 0.392. The van der Waals surface area contributed by atoms with Gasteiger partial charge in [0.05, 0.1) is 22.5 Å². The molecule has 1 atom stereocenters. The lowest BCUT2D eigenvalue weighted by Crippen LogP contribution is -2.33. The lowest BCUT2D eigenvalue weighted by atomic mass is 10.3. The van der Waals surface area contributed by atoms with Gasteiger partial charge in [-0.1, -0.05) is 0 Å². The first kappa shape index (κ1) is 15.3.